The Kier molecular flexibility index (Phi) is 2.12. The molecule has 0 N–H and O–H groups in total. The number of hydrogen-bond acceptors (Lipinski definition) is 2. The van der Waals surface area contributed by atoms with Crippen molar-refractivity contribution in [3.8, 4) is 0 Å². The predicted molar refractivity (Wildman–Crippen MR) is 39.3 cm³/mol. The Morgan fingerprint density at radius 3 is 2.90 bits per heavy atom. The lowest BCUT2D eigenvalue weighted by molar-refractivity contribution is 0.505. The first-order valence-electron chi connectivity index (χ1n) is 2.88. The molecule has 3 heteroatoms. The van der Waals surface area contributed by atoms with Gasteiger partial charge in [-0.1, -0.05) is 0 Å². The van der Waals surface area contributed by atoms with E-state index in [9.17, 15) is 4.79 Å². The molecule has 0 radical (unpaired) electrons. The van der Waals surface area contributed by atoms with Gasteiger partial charge in [0.15, 0.2) is 5.43 Å². The molecule has 0 unspecified atom stereocenters. The summed E-state index contributed by atoms with van der Waals surface area (Å²) in [6.07, 6.45) is 1.42. The Morgan fingerprint density at radius 2 is 2.40 bits per heavy atom. The molecule has 0 saturated heterocycles. The quantitative estimate of drug-likeness (QED) is 0.583. The first-order chi connectivity index (χ1) is 4.74. The number of hydrogen-bond donors (Lipinski definition) is 0. The third kappa shape index (κ3) is 1.39. The fraction of sp³-hybridized carbons (Fsp3) is 0.286. The molecule has 1 rings (SSSR count). The van der Waals surface area contributed by atoms with Crippen LogP contribution < -0.4 is 5.43 Å². The van der Waals surface area contributed by atoms with Gasteiger partial charge in [0.1, 0.15) is 5.76 Å². The smallest absolute Gasteiger partial charge is 0.188 e. The van der Waals surface area contributed by atoms with Crippen LogP contribution in [0.1, 0.15) is 11.3 Å². The lowest BCUT2D eigenvalue weighted by Crippen LogP contribution is -2.02. The second-order valence-electron chi connectivity index (χ2n) is 2.03. The molecule has 0 bridgehead atoms. The molecule has 0 spiro atoms. The number of halogens is 1. The molecule has 0 saturated carbocycles. The second-order valence-corrected chi connectivity index (χ2v) is 2.29. The zero-order chi connectivity index (χ0) is 7.56. The highest BCUT2D eigenvalue weighted by atomic mass is 35.5. The van der Waals surface area contributed by atoms with Crippen LogP contribution in [0.2, 0.25) is 0 Å². The van der Waals surface area contributed by atoms with Gasteiger partial charge in [-0.25, -0.2) is 0 Å². The van der Waals surface area contributed by atoms with Crippen molar-refractivity contribution in [2.24, 2.45) is 0 Å². The maximum Gasteiger partial charge on any atom is 0.188 e. The van der Waals surface area contributed by atoms with Gasteiger partial charge in [0.2, 0.25) is 0 Å². The third-order valence-corrected chi connectivity index (χ3v) is 1.46. The molecular formula is C7H7ClO2. The number of aryl methyl sites for hydroxylation is 1. The van der Waals surface area contributed by atoms with Crippen molar-refractivity contribution < 1.29 is 4.42 Å². The Balaban J connectivity index is 3.17. The van der Waals surface area contributed by atoms with Gasteiger partial charge in [0.25, 0.3) is 0 Å². The van der Waals surface area contributed by atoms with Crippen LogP contribution in [0.4, 0.5) is 0 Å². The predicted octanol–water partition coefficient (Wildman–Crippen LogP) is 1.69. The molecule has 0 amide bonds. The van der Waals surface area contributed by atoms with Crippen LogP contribution in [0.15, 0.2) is 21.5 Å². The van der Waals surface area contributed by atoms with Crippen LogP contribution in [-0.4, -0.2) is 0 Å². The standard InChI is InChI=1S/C7H7ClO2/c1-5-4-10-6(3-8)2-7(5)9/h2,4H,3H2,1H3. The minimum absolute atomic E-state index is 0.0260. The van der Waals surface area contributed by atoms with Crippen LogP contribution in [0.25, 0.3) is 0 Å². The summed E-state index contributed by atoms with van der Waals surface area (Å²) < 4.78 is 4.96. The Bertz CT molecular complexity index is 277. The van der Waals surface area contributed by atoms with Gasteiger partial charge in [-0.05, 0) is 6.92 Å². The summed E-state index contributed by atoms with van der Waals surface area (Å²) in [6.45, 7) is 1.70. The molecule has 10 heavy (non-hydrogen) atoms. The van der Waals surface area contributed by atoms with Gasteiger partial charge in [-0.3, -0.25) is 4.79 Å². The van der Waals surface area contributed by atoms with Crippen LogP contribution in [0.3, 0.4) is 0 Å². The third-order valence-electron chi connectivity index (χ3n) is 1.20. The van der Waals surface area contributed by atoms with Crippen LogP contribution >= 0.6 is 11.6 Å². The zero-order valence-electron chi connectivity index (χ0n) is 5.56. The van der Waals surface area contributed by atoms with Crippen molar-refractivity contribution in [1.82, 2.24) is 0 Å². The van der Waals surface area contributed by atoms with E-state index >= 15 is 0 Å². The summed E-state index contributed by atoms with van der Waals surface area (Å²) in [7, 11) is 0. The monoisotopic (exact) mass is 158 g/mol. The lowest BCUT2D eigenvalue weighted by atomic mass is 10.3. The molecule has 1 heterocycles. The topological polar surface area (TPSA) is 30.2 Å². The summed E-state index contributed by atoms with van der Waals surface area (Å²) in [5.41, 5.74) is 0.579. The highest BCUT2D eigenvalue weighted by Crippen LogP contribution is 2.00. The summed E-state index contributed by atoms with van der Waals surface area (Å²) in [5.74, 6) is 0.757. The second kappa shape index (κ2) is 2.88. The number of alkyl halides is 1. The van der Waals surface area contributed by atoms with E-state index in [1.165, 1.54) is 12.3 Å². The van der Waals surface area contributed by atoms with Gasteiger partial charge in [0, 0.05) is 11.6 Å². The van der Waals surface area contributed by atoms with E-state index in [0.29, 0.717) is 11.3 Å². The van der Waals surface area contributed by atoms with Crippen molar-refractivity contribution in [3.05, 3.63) is 33.9 Å². The van der Waals surface area contributed by atoms with Crippen LogP contribution in [0, 0.1) is 6.92 Å². The fourth-order valence-corrected chi connectivity index (χ4v) is 0.726. The van der Waals surface area contributed by atoms with Crippen molar-refractivity contribution in [2.45, 2.75) is 12.8 Å². The zero-order valence-corrected chi connectivity index (χ0v) is 6.31. The molecule has 0 atom stereocenters. The van der Waals surface area contributed by atoms with E-state index in [1.807, 2.05) is 0 Å². The van der Waals surface area contributed by atoms with Gasteiger partial charge < -0.3 is 4.42 Å². The van der Waals surface area contributed by atoms with E-state index in [2.05, 4.69) is 0 Å². The van der Waals surface area contributed by atoms with Gasteiger partial charge in [-0.2, -0.15) is 0 Å². The summed E-state index contributed by atoms with van der Waals surface area (Å²) in [6, 6.07) is 1.41. The van der Waals surface area contributed by atoms with Crippen LogP contribution in [0.5, 0.6) is 0 Å². The first-order valence-corrected chi connectivity index (χ1v) is 3.42. The molecule has 1 aromatic rings. The van der Waals surface area contributed by atoms with Crippen molar-refractivity contribution in [1.29, 1.82) is 0 Å². The van der Waals surface area contributed by atoms with Gasteiger partial charge in [0.05, 0.1) is 12.1 Å². The summed E-state index contributed by atoms with van der Waals surface area (Å²) in [5, 5.41) is 0. The number of rotatable bonds is 1. The molecular weight excluding hydrogens is 152 g/mol. The minimum atomic E-state index is -0.0260. The molecule has 0 aromatic carbocycles. The average molecular weight is 159 g/mol. The molecule has 0 aliphatic heterocycles. The molecule has 0 fully saturated rings. The SMILES string of the molecule is Cc1coc(CCl)cc1=O. The van der Waals surface area contributed by atoms with Crippen molar-refractivity contribution in [3.63, 3.8) is 0 Å². The normalized spacial score (nSPS) is 9.80. The fourth-order valence-electron chi connectivity index (χ4n) is 0.586. The highest BCUT2D eigenvalue weighted by molar-refractivity contribution is 6.16. The summed E-state index contributed by atoms with van der Waals surface area (Å²) >= 11 is 5.42. The van der Waals surface area contributed by atoms with Crippen molar-refractivity contribution in [2.75, 3.05) is 0 Å². The molecule has 2 nitrogen and oxygen atoms in total. The molecule has 54 valence electrons. The minimum Gasteiger partial charge on any atom is -0.468 e. The largest absolute Gasteiger partial charge is 0.468 e. The van der Waals surface area contributed by atoms with Gasteiger partial charge >= 0.3 is 0 Å². The molecule has 1 aromatic heterocycles. The molecule has 0 aliphatic carbocycles. The van der Waals surface area contributed by atoms with E-state index in [-0.39, 0.29) is 11.3 Å². The van der Waals surface area contributed by atoms with Crippen LogP contribution in [-0.2, 0) is 5.88 Å². The van der Waals surface area contributed by atoms with Gasteiger partial charge in [-0.15, -0.1) is 11.6 Å². The Morgan fingerprint density at radius 1 is 1.70 bits per heavy atom. The van der Waals surface area contributed by atoms with E-state index in [4.69, 9.17) is 16.0 Å². The van der Waals surface area contributed by atoms with E-state index in [0.717, 1.165) is 0 Å². The lowest BCUT2D eigenvalue weighted by Gasteiger charge is -1.92. The van der Waals surface area contributed by atoms with Crippen molar-refractivity contribution >= 4 is 11.6 Å². The average Bonchev–Trinajstić information content (AvgIpc) is 1.95. The maximum absolute atomic E-state index is 10.9. The van der Waals surface area contributed by atoms with E-state index < -0.39 is 0 Å². The van der Waals surface area contributed by atoms with E-state index in [1.54, 1.807) is 6.92 Å². The summed E-state index contributed by atoms with van der Waals surface area (Å²) in [4.78, 5) is 10.9. The first kappa shape index (κ1) is 7.35. The highest BCUT2D eigenvalue weighted by Gasteiger charge is 1.96. The Hall–Kier alpha value is -0.760. The Labute approximate surface area is 63.4 Å². The maximum atomic E-state index is 10.9. The molecule has 0 aliphatic rings.